The summed E-state index contributed by atoms with van der Waals surface area (Å²) in [7, 11) is 1.52. The van der Waals surface area contributed by atoms with Gasteiger partial charge in [-0.25, -0.2) is 9.78 Å². The smallest absolute Gasteiger partial charge is 0.325 e. The van der Waals surface area contributed by atoms with E-state index in [0.29, 0.717) is 33.6 Å². The minimum absolute atomic E-state index is 0.0553. The van der Waals surface area contributed by atoms with Crippen molar-refractivity contribution in [3.63, 3.8) is 0 Å². The van der Waals surface area contributed by atoms with Crippen molar-refractivity contribution in [1.29, 1.82) is 0 Å². The zero-order valence-corrected chi connectivity index (χ0v) is 17.7. The molecule has 0 radical (unpaired) electrons. The van der Waals surface area contributed by atoms with Crippen molar-refractivity contribution in [3.8, 4) is 5.75 Å². The fraction of sp³-hybridized carbons (Fsp3) is 0.143. The highest BCUT2D eigenvalue weighted by Crippen LogP contribution is 2.24. The first kappa shape index (κ1) is 21.8. The van der Waals surface area contributed by atoms with Crippen molar-refractivity contribution in [2.24, 2.45) is 0 Å². The van der Waals surface area contributed by atoms with Crippen molar-refractivity contribution < 1.29 is 19.1 Å². The number of amides is 4. The zero-order valence-electron chi connectivity index (χ0n) is 16.9. The van der Waals surface area contributed by atoms with Crippen LogP contribution in [0.1, 0.15) is 12.6 Å². The quantitative estimate of drug-likeness (QED) is 0.444. The number of carbonyl (C=O) groups excluding carboxylic acids is 3. The molecule has 3 aromatic rings. The highest BCUT2D eigenvalue weighted by atomic mass is 32.1. The first-order chi connectivity index (χ1) is 14.9. The number of nitrogens with one attached hydrogen (secondary N) is 4. The Morgan fingerprint density at radius 2 is 1.61 bits per heavy atom. The fourth-order valence-electron chi connectivity index (χ4n) is 2.65. The van der Waals surface area contributed by atoms with Crippen LogP contribution in [0.2, 0.25) is 0 Å². The van der Waals surface area contributed by atoms with Gasteiger partial charge in [-0.05, 0) is 36.4 Å². The number of urea groups is 1. The van der Waals surface area contributed by atoms with Crippen LogP contribution in [-0.4, -0.2) is 29.9 Å². The summed E-state index contributed by atoms with van der Waals surface area (Å²) in [6.07, 6.45) is 0.0553. The number of methoxy groups -OCH3 is 1. The summed E-state index contributed by atoms with van der Waals surface area (Å²) in [6.45, 7) is 1.43. The summed E-state index contributed by atoms with van der Waals surface area (Å²) in [4.78, 5) is 39.8. The Hall–Kier alpha value is -3.92. The van der Waals surface area contributed by atoms with Crippen LogP contribution in [0.15, 0.2) is 53.9 Å². The highest BCUT2D eigenvalue weighted by molar-refractivity contribution is 7.14. The van der Waals surface area contributed by atoms with Gasteiger partial charge in [-0.1, -0.05) is 12.1 Å². The monoisotopic (exact) mass is 439 g/mol. The summed E-state index contributed by atoms with van der Waals surface area (Å²) in [5, 5.41) is 12.8. The number of anilines is 4. The standard InChI is InChI=1S/C21H21N5O4S/c1-13(27)22-14-7-9-15(10-8-14)23-19(28)11-16-12-31-21(24-16)26-20(29)25-17-5-3-4-6-18(17)30-2/h3-10,12H,11H2,1-2H3,(H,22,27)(H,23,28)(H2,24,25,26,29). The number of ether oxygens (including phenoxy) is 1. The van der Waals surface area contributed by atoms with Crippen LogP contribution in [0.5, 0.6) is 5.75 Å². The minimum Gasteiger partial charge on any atom is -0.495 e. The number of hydrogen-bond donors (Lipinski definition) is 4. The molecule has 31 heavy (non-hydrogen) atoms. The van der Waals surface area contributed by atoms with E-state index in [4.69, 9.17) is 4.74 Å². The molecule has 0 saturated carbocycles. The van der Waals surface area contributed by atoms with Gasteiger partial charge in [0.2, 0.25) is 11.8 Å². The maximum atomic E-state index is 12.3. The summed E-state index contributed by atoms with van der Waals surface area (Å²) < 4.78 is 5.20. The number of benzene rings is 2. The van der Waals surface area contributed by atoms with E-state index >= 15 is 0 Å². The van der Waals surface area contributed by atoms with E-state index < -0.39 is 6.03 Å². The van der Waals surface area contributed by atoms with E-state index in [0.717, 1.165) is 0 Å². The molecule has 160 valence electrons. The van der Waals surface area contributed by atoms with Crippen molar-refractivity contribution in [2.45, 2.75) is 13.3 Å². The Morgan fingerprint density at radius 1 is 0.935 bits per heavy atom. The molecule has 0 unspecified atom stereocenters. The molecule has 4 amide bonds. The molecule has 2 aromatic carbocycles. The molecule has 1 aromatic heterocycles. The van der Waals surface area contributed by atoms with Gasteiger partial charge in [-0.3, -0.25) is 14.9 Å². The van der Waals surface area contributed by atoms with Gasteiger partial charge in [-0.2, -0.15) is 0 Å². The molecule has 4 N–H and O–H groups in total. The van der Waals surface area contributed by atoms with E-state index in [2.05, 4.69) is 26.3 Å². The number of nitrogens with zero attached hydrogens (tertiary/aromatic N) is 1. The summed E-state index contributed by atoms with van der Waals surface area (Å²) in [6, 6.07) is 13.4. The van der Waals surface area contributed by atoms with Gasteiger partial charge >= 0.3 is 6.03 Å². The van der Waals surface area contributed by atoms with Crippen LogP contribution in [-0.2, 0) is 16.0 Å². The van der Waals surface area contributed by atoms with Gasteiger partial charge < -0.3 is 20.7 Å². The van der Waals surface area contributed by atoms with E-state index in [1.807, 2.05) is 0 Å². The molecule has 10 heteroatoms. The maximum absolute atomic E-state index is 12.3. The third-order valence-corrected chi connectivity index (χ3v) is 4.76. The lowest BCUT2D eigenvalue weighted by molar-refractivity contribution is -0.116. The lowest BCUT2D eigenvalue weighted by atomic mass is 10.2. The summed E-state index contributed by atoms with van der Waals surface area (Å²) in [5.74, 6) is 0.128. The molecule has 0 spiro atoms. The lowest BCUT2D eigenvalue weighted by Gasteiger charge is -2.09. The molecule has 0 atom stereocenters. The predicted molar refractivity (Wildman–Crippen MR) is 121 cm³/mol. The van der Waals surface area contributed by atoms with E-state index in [1.54, 1.807) is 53.9 Å². The molecular formula is C21H21N5O4S. The van der Waals surface area contributed by atoms with Crippen LogP contribution in [0, 0.1) is 0 Å². The van der Waals surface area contributed by atoms with Gasteiger partial charge in [0.15, 0.2) is 5.13 Å². The first-order valence-electron chi connectivity index (χ1n) is 9.26. The second-order valence-corrected chi connectivity index (χ2v) is 7.26. The van der Waals surface area contributed by atoms with Crippen molar-refractivity contribution in [3.05, 3.63) is 59.6 Å². The molecule has 9 nitrogen and oxygen atoms in total. The summed E-state index contributed by atoms with van der Waals surface area (Å²) >= 11 is 1.22. The van der Waals surface area contributed by atoms with E-state index in [9.17, 15) is 14.4 Å². The van der Waals surface area contributed by atoms with Crippen LogP contribution in [0.25, 0.3) is 0 Å². The number of rotatable bonds is 7. The van der Waals surface area contributed by atoms with Crippen molar-refractivity contribution >= 4 is 51.4 Å². The topological polar surface area (TPSA) is 121 Å². The Labute approximate surface area is 182 Å². The fourth-order valence-corrected chi connectivity index (χ4v) is 3.36. The predicted octanol–water partition coefficient (Wildman–Crippen LogP) is 3.94. The van der Waals surface area contributed by atoms with E-state index in [1.165, 1.54) is 25.4 Å². The Morgan fingerprint density at radius 3 is 2.29 bits per heavy atom. The van der Waals surface area contributed by atoms with Crippen molar-refractivity contribution in [2.75, 3.05) is 28.4 Å². The third kappa shape index (κ3) is 6.54. The maximum Gasteiger partial charge on any atom is 0.325 e. The normalized spacial score (nSPS) is 10.1. The van der Waals surface area contributed by atoms with Gasteiger partial charge in [0.1, 0.15) is 5.75 Å². The molecule has 0 fully saturated rings. The SMILES string of the molecule is COc1ccccc1NC(=O)Nc1nc(CC(=O)Nc2ccc(NC(C)=O)cc2)cs1. The minimum atomic E-state index is -0.464. The molecule has 0 bridgehead atoms. The Balaban J connectivity index is 1.51. The zero-order chi connectivity index (χ0) is 22.2. The van der Waals surface area contributed by atoms with Crippen LogP contribution in [0.3, 0.4) is 0 Å². The average Bonchev–Trinajstić information content (AvgIpc) is 3.15. The van der Waals surface area contributed by atoms with E-state index in [-0.39, 0.29) is 18.2 Å². The van der Waals surface area contributed by atoms with Gasteiger partial charge in [-0.15, -0.1) is 11.3 Å². The molecule has 3 rings (SSSR count). The van der Waals surface area contributed by atoms with Crippen LogP contribution >= 0.6 is 11.3 Å². The molecule has 0 saturated heterocycles. The number of aromatic nitrogens is 1. The number of thiazole rings is 1. The average molecular weight is 439 g/mol. The lowest BCUT2D eigenvalue weighted by Crippen LogP contribution is -2.20. The molecular weight excluding hydrogens is 418 g/mol. The second kappa shape index (κ2) is 10.2. The summed E-state index contributed by atoms with van der Waals surface area (Å²) in [5.41, 5.74) is 2.31. The molecule has 0 aliphatic carbocycles. The first-order valence-corrected chi connectivity index (χ1v) is 10.1. The van der Waals surface area contributed by atoms with Gasteiger partial charge in [0.25, 0.3) is 0 Å². The number of carbonyl (C=O) groups is 3. The molecule has 0 aliphatic rings. The van der Waals surface area contributed by atoms with Crippen LogP contribution < -0.4 is 26.0 Å². The number of hydrogen-bond acceptors (Lipinski definition) is 6. The number of para-hydroxylation sites is 2. The Kier molecular flexibility index (Phi) is 7.17. The van der Waals surface area contributed by atoms with Crippen LogP contribution in [0.4, 0.5) is 27.0 Å². The Bertz CT molecular complexity index is 1080. The van der Waals surface area contributed by atoms with Crippen molar-refractivity contribution in [1.82, 2.24) is 4.98 Å². The second-order valence-electron chi connectivity index (χ2n) is 6.41. The largest absolute Gasteiger partial charge is 0.495 e. The third-order valence-electron chi connectivity index (χ3n) is 3.96. The molecule has 0 aliphatic heterocycles. The van der Waals surface area contributed by atoms with Gasteiger partial charge in [0.05, 0.1) is 24.9 Å². The highest BCUT2D eigenvalue weighted by Gasteiger charge is 2.12. The molecule has 1 heterocycles. The van der Waals surface area contributed by atoms with Gasteiger partial charge in [0, 0.05) is 23.7 Å².